The van der Waals surface area contributed by atoms with Gasteiger partial charge in [-0.15, -0.1) is 0 Å². The number of sulfone groups is 1. The molecule has 2 aromatic heterocycles. The molecule has 0 fully saturated rings. The SMILES string of the molecule is CCS(=O)(=O)c1ccc(CNC(=O)c2nn(C(C)(C)C)c(Oc3cncc(C(C)O)c3C(F)F)c2C)cc1. The fourth-order valence-corrected chi connectivity index (χ4v) is 4.62. The monoisotopic (exact) mass is 550 g/mol. The van der Waals surface area contributed by atoms with E-state index >= 15 is 0 Å². The summed E-state index contributed by atoms with van der Waals surface area (Å²) in [7, 11) is -3.33. The van der Waals surface area contributed by atoms with Crippen molar-refractivity contribution >= 4 is 15.7 Å². The molecule has 3 rings (SSSR count). The van der Waals surface area contributed by atoms with Gasteiger partial charge in [0.05, 0.1) is 34.1 Å². The van der Waals surface area contributed by atoms with Crippen LogP contribution in [-0.2, 0) is 21.9 Å². The van der Waals surface area contributed by atoms with Gasteiger partial charge in [-0.25, -0.2) is 21.9 Å². The maximum Gasteiger partial charge on any atom is 0.272 e. The first-order chi connectivity index (χ1) is 17.7. The number of rotatable bonds is 9. The van der Waals surface area contributed by atoms with E-state index in [2.05, 4.69) is 15.4 Å². The van der Waals surface area contributed by atoms with E-state index in [-0.39, 0.29) is 40.1 Å². The Morgan fingerprint density at radius 1 is 1.18 bits per heavy atom. The van der Waals surface area contributed by atoms with Gasteiger partial charge >= 0.3 is 0 Å². The maximum atomic E-state index is 14.0. The van der Waals surface area contributed by atoms with Crippen LogP contribution in [0.5, 0.6) is 11.6 Å². The van der Waals surface area contributed by atoms with Gasteiger partial charge in [0.15, 0.2) is 21.3 Å². The maximum absolute atomic E-state index is 14.0. The van der Waals surface area contributed by atoms with Crippen molar-refractivity contribution in [1.82, 2.24) is 20.1 Å². The number of aliphatic hydroxyl groups excluding tert-OH is 1. The highest BCUT2D eigenvalue weighted by molar-refractivity contribution is 7.91. The number of halogens is 2. The van der Waals surface area contributed by atoms with Gasteiger partial charge < -0.3 is 15.2 Å². The van der Waals surface area contributed by atoms with Crippen LogP contribution in [0.15, 0.2) is 41.6 Å². The van der Waals surface area contributed by atoms with Crippen LogP contribution >= 0.6 is 0 Å². The predicted octanol–water partition coefficient (Wildman–Crippen LogP) is 4.85. The van der Waals surface area contributed by atoms with Gasteiger partial charge in [0.1, 0.15) is 0 Å². The first kappa shape index (κ1) is 29.2. The smallest absolute Gasteiger partial charge is 0.272 e. The van der Waals surface area contributed by atoms with Gasteiger partial charge in [0.25, 0.3) is 12.3 Å². The van der Waals surface area contributed by atoms with Crippen molar-refractivity contribution < 1.29 is 31.8 Å². The summed E-state index contributed by atoms with van der Waals surface area (Å²) < 4.78 is 59.3. The number of aliphatic hydroxyl groups is 1. The summed E-state index contributed by atoms with van der Waals surface area (Å²) in [5.41, 5.74) is -0.189. The number of nitrogens with zero attached hydrogens (tertiary/aromatic N) is 3. The summed E-state index contributed by atoms with van der Waals surface area (Å²) in [6, 6.07) is 6.21. The van der Waals surface area contributed by atoms with Crippen molar-refractivity contribution in [2.75, 3.05) is 5.75 Å². The quantitative estimate of drug-likeness (QED) is 0.390. The Balaban J connectivity index is 1.92. The van der Waals surface area contributed by atoms with Crippen LogP contribution in [0.4, 0.5) is 8.78 Å². The standard InChI is InChI=1S/C26H32F2N4O5S/c1-7-38(35,36)18-10-8-17(9-11-18)12-30-24(34)22-15(2)25(32(31-22)26(4,5)6)37-20-14-29-13-19(16(3)33)21(20)23(27)28/h8-11,13-14,16,23,33H,7,12H2,1-6H3,(H,30,34). The van der Waals surface area contributed by atoms with Gasteiger partial charge in [-0.3, -0.25) is 9.78 Å². The van der Waals surface area contributed by atoms with Crippen LogP contribution in [0.25, 0.3) is 0 Å². The summed E-state index contributed by atoms with van der Waals surface area (Å²) >= 11 is 0. The van der Waals surface area contributed by atoms with Crippen molar-refractivity contribution in [2.24, 2.45) is 0 Å². The van der Waals surface area contributed by atoms with E-state index in [1.807, 2.05) is 20.8 Å². The lowest BCUT2D eigenvalue weighted by molar-refractivity contribution is 0.0943. The first-order valence-electron chi connectivity index (χ1n) is 12.0. The average molecular weight is 551 g/mol. The molecule has 12 heteroatoms. The van der Waals surface area contributed by atoms with Crippen molar-refractivity contribution in [3.63, 3.8) is 0 Å². The fraction of sp³-hybridized carbons (Fsp3) is 0.423. The average Bonchev–Trinajstić information content (AvgIpc) is 3.18. The third kappa shape index (κ3) is 6.18. The number of pyridine rings is 1. The number of benzene rings is 1. The minimum Gasteiger partial charge on any atom is -0.437 e. The molecular weight excluding hydrogens is 518 g/mol. The van der Waals surface area contributed by atoms with E-state index in [4.69, 9.17) is 4.74 Å². The number of amides is 1. The molecule has 2 heterocycles. The Morgan fingerprint density at radius 3 is 2.34 bits per heavy atom. The Hall–Kier alpha value is -3.38. The lowest BCUT2D eigenvalue weighted by Gasteiger charge is -2.23. The van der Waals surface area contributed by atoms with Gasteiger partial charge in [0.2, 0.25) is 5.88 Å². The number of nitrogens with one attached hydrogen (secondary N) is 1. The molecule has 0 saturated carbocycles. The molecule has 1 unspecified atom stereocenters. The number of carbonyl (C=O) groups is 1. The number of hydrogen-bond acceptors (Lipinski definition) is 7. The zero-order valence-corrected chi connectivity index (χ0v) is 22.9. The minimum absolute atomic E-state index is 0.0125. The molecule has 206 valence electrons. The second-order valence-corrected chi connectivity index (χ2v) is 12.1. The van der Waals surface area contributed by atoms with Gasteiger partial charge in [0, 0.05) is 23.9 Å². The number of carbonyl (C=O) groups excluding carboxylic acids is 1. The number of ether oxygens (including phenoxy) is 1. The third-order valence-electron chi connectivity index (χ3n) is 5.89. The molecule has 38 heavy (non-hydrogen) atoms. The molecule has 1 atom stereocenters. The Labute approximate surface area is 220 Å². The highest BCUT2D eigenvalue weighted by atomic mass is 32.2. The van der Waals surface area contributed by atoms with Crippen LogP contribution in [0, 0.1) is 6.92 Å². The Bertz CT molecular complexity index is 1410. The lowest BCUT2D eigenvalue weighted by Crippen LogP contribution is -2.26. The largest absolute Gasteiger partial charge is 0.437 e. The van der Waals surface area contributed by atoms with E-state index in [0.29, 0.717) is 11.1 Å². The number of alkyl halides is 2. The number of hydrogen-bond donors (Lipinski definition) is 2. The van der Waals surface area contributed by atoms with Crippen molar-refractivity contribution in [3.8, 4) is 11.6 Å². The van der Waals surface area contributed by atoms with Gasteiger partial charge in [-0.1, -0.05) is 19.1 Å². The molecule has 0 radical (unpaired) electrons. The highest BCUT2D eigenvalue weighted by Gasteiger charge is 2.30. The molecule has 3 aromatic rings. The second kappa shape index (κ2) is 11.2. The molecule has 1 aromatic carbocycles. The van der Waals surface area contributed by atoms with Crippen molar-refractivity contribution in [1.29, 1.82) is 0 Å². The van der Waals surface area contributed by atoms with Crippen molar-refractivity contribution in [3.05, 3.63) is 64.6 Å². The van der Waals surface area contributed by atoms with Gasteiger partial charge in [-0.2, -0.15) is 5.10 Å². The molecule has 2 N–H and O–H groups in total. The molecule has 0 saturated heterocycles. The lowest BCUT2D eigenvalue weighted by atomic mass is 10.1. The minimum atomic E-state index is -3.33. The van der Waals surface area contributed by atoms with Gasteiger partial charge in [-0.05, 0) is 52.3 Å². The topological polar surface area (TPSA) is 123 Å². The van der Waals surface area contributed by atoms with E-state index in [1.165, 1.54) is 23.7 Å². The zero-order valence-electron chi connectivity index (χ0n) is 22.1. The third-order valence-corrected chi connectivity index (χ3v) is 7.64. The molecule has 0 bridgehead atoms. The normalized spacial score (nSPS) is 13.0. The highest BCUT2D eigenvalue weighted by Crippen LogP contribution is 2.39. The first-order valence-corrected chi connectivity index (χ1v) is 13.6. The zero-order chi connectivity index (χ0) is 28.4. The van der Waals surface area contributed by atoms with E-state index in [1.54, 1.807) is 26.0 Å². The van der Waals surface area contributed by atoms with Crippen LogP contribution in [0.3, 0.4) is 0 Å². The summed E-state index contributed by atoms with van der Waals surface area (Å²) in [6.07, 6.45) is -1.84. The molecule has 0 aliphatic carbocycles. The summed E-state index contributed by atoms with van der Waals surface area (Å²) in [5, 5.41) is 17.1. The fourth-order valence-electron chi connectivity index (χ4n) is 3.74. The van der Waals surface area contributed by atoms with Crippen LogP contribution < -0.4 is 10.1 Å². The summed E-state index contributed by atoms with van der Waals surface area (Å²) in [6.45, 7) is 10.1. The Morgan fingerprint density at radius 2 is 1.82 bits per heavy atom. The van der Waals surface area contributed by atoms with Crippen LogP contribution in [-0.4, -0.2) is 39.9 Å². The van der Waals surface area contributed by atoms with E-state index < -0.39 is 39.4 Å². The molecule has 0 aliphatic heterocycles. The molecule has 1 amide bonds. The molecular formula is C26H32F2N4O5S. The summed E-state index contributed by atoms with van der Waals surface area (Å²) in [5.74, 6) is -0.698. The predicted molar refractivity (Wildman–Crippen MR) is 137 cm³/mol. The van der Waals surface area contributed by atoms with Crippen LogP contribution in [0.2, 0.25) is 0 Å². The van der Waals surface area contributed by atoms with Crippen LogP contribution in [0.1, 0.15) is 79.9 Å². The molecule has 0 spiro atoms. The number of aromatic nitrogens is 3. The second-order valence-electron chi connectivity index (χ2n) is 9.81. The Kier molecular flexibility index (Phi) is 8.57. The van der Waals surface area contributed by atoms with E-state index in [0.717, 1.165) is 12.4 Å². The molecule has 9 nitrogen and oxygen atoms in total. The summed E-state index contributed by atoms with van der Waals surface area (Å²) in [4.78, 5) is 17.2. The van der Waals surface area contributed by atoms with Crippen molar-refractivity contribution in [2.45, 2.75) is 71.1 Å². The molecule has 0 aliphatic rings. The van der Waals surface area contributed by atoms with E-state index in [9.17, 15) is 27.1 Å².